The zero-order valence-electron chi connectivity index (χ0n) is 13.1. The summed E-state index contributed by atoms with van der Waals surface area (Å²) in [6, 6.07) is 2.79. The Morgan fingerprint density at radius 1 is 1.35 bits per heavy atom. The first-order valence-electron chi connectivity index (χ1n) is 8.01. The van der Waals surface area contributed by atoms with E-state index in [-0.39, 0.29) is 11.9 Å². The summed E-state index contributed by atoms with van der Waals surface area (Å²) in [7, 11) is 2.19. The molecule has 0 bridgehead atoms. The Hall–Kier alpha value is -1.44. The predicted octanol–water partition coefficient (Wildman–Crippen LogP) is 3.91. The maximum atomic E-state index is 10.6. The second-order valence-corrected chi connectivity index (χ2v) is 7.95. The topological polar surface area (TPSA) is 53.7 Å². The van der Waals surface area contributed by atoms with Crippen LogP contribution in [0.2, 0.25) is 0 Å². The fraction of sp³-hybridized carbons (Fsp3) is 0.500. The van der Waals surface area contributed by atoms with Gasteiger partial charge in [-0.2, -0.15) is 21.0 Å². The highest BCUT2D eigenvalue weighted by Crippen LogP contribution is 2.41. The van der Waals surface area contributed by atoms with E-state index in [0.717, 1.165) is 9.84 Å². The molecule has 5 nitrogen and oxygen atoms in total. The van der Waals surface area contributed by atoms with E-state index in [1.165, 1.54) is 59.8 Å². The molecular weight excluding hydrogens is 328 g/mol. The van der Waals surface area contributed by atoms with Crippen LogP contribution in [0, 0.1) is 0 Å². The number of hydrogen-bond donors (Lipinski definition) is 1. The Labute approximate surface area is 143 Å². The number of rotatable bonds is 4. The highest BCUT2D eigenvalue weighted by Gasteiger charge is 2.31. The lowest BCUT2D eigenvalue weighted by molar-refractivity contribution is 0.157. The number of thiazole rings is 1. The number of aromatic hydroxyl groups is 1. The Balaban J connectivity index is 1.76. The van der Waals surface area contributed by atoms with E-state index in [4.69, 9.17) is 0 Å². The second kappa shape index (κ2) is 6.22. The van der Waals surface area contributed by atoms with Gasteiger partial charge in [-0.15, -0.1) is 0 Å². The third kappa shape index (κ3) is 2.66. The lowest BCUT2D eigenvalue weighted by Gasteiger charge is -2.36. The standard InChI is InChI=1S/C16H20N4OS2/c1-19(12-5-3-2-4-6-12)13(11-7-8-22-9-11)14-15(21)20-16(23-14)17-10-18-20/h7-10,12-13,21H,2-6H2,1H3/t13-/m1/s1. The van der Waals surface area contributed by atoms with E-state index < -0.39 is 0 Å². The first kappa shape index (κ1) is 15.1. The quantitative estimate of drug-likeness (QED) is 0.777. The third-order valence-corrected chi connectivity index (χ3v) is 6.59. The van der Waals surface area contributed by atoms with Crippen LogP contribution in [-0.4, -0.2) is 37.7 Å². The summed E-state index contributed by atoms with van der Waals surface area (Å²) in [5.74, 6) is 0.223. The third-order valence-electron chi connectivity index (χ3n) is 4.80. The Bertz CT molecular complexity index is 773. The Morgan fingerprint density at radius 3 is 2.87 bits per heavy atom. The highest BCUT2D eigenvalue weighted by molar-refractivity contribution is 7.17. The van der Waals surface area contributed by atoms with Crippen LogP contribution in [0.4, 0.5) is 0 Å². The summed E-state index contributed by atoms with van der Waals surface area (Å²) in [4.78, 5) is 8.35. The molecule has 0 aliphatic heterocycles. The largest absolute Gasteiger partial charge is 0.492 e. The van der Waals surface area contributed by atoms with Gasteiger partial charge in [-0.25, -0.2) is 4.98 Å². The van der Waals surface area contributed by atoms with Crippen molar-refractivity contribution >= 4 is 27.6 Å². The van der Waals surface area contributed by atoms with Crippen LogP contribution in [0.1, 0.15) is 48.6 Å². The molecule has 0 unspecified atom stereocenters. The molecular formula is C16H20N4OS2. The van der Waals surface area contributed by atoms with Gasteiger partial charge in [0.1, 0.15) is 6.33 Å². The minimum absolute atomic E-state index is 0.0675. The van der Waals surface area contributed by atoms with Crippen molar-refractivity contribution < 1.29 is 5.11 Å². The van der Waals surface area contributed by atoms with Gasteiger partial charge in [-0.3, -0.25) is 4.90 Å². The molecule has 3 aromatic rings. The molecule has 1 fully saturated rings. The van der Waals surface area contributed by atoms with Gasteiger partial charge in [-0.1, -0.05) is 30.6 Å². The number of thiophene rings is 1. The molecule has 0 spiro atoms. The van der Waals surface area contributed by atoms with Gasteiger partial charge in [0, 0.05) is 6.04 Å². The zero-order valence-corrected chi connectivity index (χ0v) is 14.7. The summed E-state index contributed by atoms with van der Waals surface area (Å²) < 4.78 is 1.54. The van der Waals surface area contributed by atoms with Crippen LogP contribution in [0.25, 0.3) is 4.96 Å². The summed E-state index contributed by atoms with van der Waals surface area (Å²) in [6.45, 7) is 0. The summed E-state index contributed by atoms with van der Waals surface area (Å²) in [6.07, 6.45) is 7.89. The summed E-state index contributed by atoms with van der Waals surface area (Å²) in [5.41, 5.74) is 1.24. The van der Waals surface area contributed by atoms with Crippen LogP contribution in [0.3, 0.4) is 0 Å². The summed E-state index contributed by atoms with van der Waals surface area (Å²) >= 11 is 3.23. The van der Waals surface area contributed by atoms with Crippen molar-refractivity contribution in [3.8, 4) is 5.88 Å². The lowest BCUT2D eigenvalue weighted by atomic mass is 9.92. The van der Waals surface area contributed by atoms with Crippen molar-refractivity contribution in [1.82, 2.24) is 19.5 Å². The van der Waals surface area contributed by atoms with Crippen LogP contribution in [0.15, 0.2) is 23.2 Å². The molecule has 1 N–H and O–H groups in total. The van der Waals surface area contributed by atoms with Gasteiger partial charge in [0.15, 0.2) is 0 Å². The van der Waals surface area contributed by atoms with Crippen LogP contribution in [-0.2, 0) is 0 Å². The first-order valence-corrected chi connectivity index (χ1v) is 9.77. The molecule has 0 amide bonds. The second-order valence-electron chi connectivity index (χ2n) is 6.16. The van der Waals surface area contributed by atoms with Gasteiger partial charge < -0.3 is 5.11 Å². The molecule has 3 heterocycles. The van der Waals surface area contributed by atoms with Crippen molar-refractivity contribution in [2.45, 2.75) is 44.2 Å². The highest BCUT2D eigenvalue weighted by atomic mass is 32.1. The SMILES string of the molecule is CN(C1CCCCC1)[C@H](c1ccsc1)c1sc2ncnn2c1O. The minimum atomic E-state index is 0.0675. The van der Waals surface area contributed by atoms with E-state index in [1.807, 2.05) is 0 Å². The van der Waals surface area contributed by atoms with E-state index in [9.17, 15) is 5.11 Å². The van der Waals surface area contributed by atoms with Crippen molar-refractivity contribution in [2.75, 3.05) is 7.05 Å². The minimum Gasteiger partial charge on any atom is -0.492 e. The monoisotopic (exact) mass is 348 g/mol. The number of nitrogens with zero attached hydrogens (tertiary/aromatic N) is 4. The van der Waals surface area contributed by atoms with E-state index >= 15 is 0 Å². The van der Waals surface area contributed by atoms with E-state index in [1.54, 1.807) is 11.3 Å². The predicted molar refractivity (Wildman–Crippen MR) is 93.3 cm³/mol. The molecule has 0 saturated heterocycles. The first-order chi connectivity index (χ1) is 11.3. The molecule has 0 aromatic carbocycles. The van der Waals surface area contributed by atoms with E-state index in [2.05, 4.69) is 38.9 Å². The fourth-order valence-electron chi connectivity index (χ4n) is 3.57. The number of aromatic nitrogens is 3. The molecule has 4 rings (SSSR count). The van der Waals surface area contributed by atoms with Crippen molar-refractivity contribution in [2.24, 2.45) is 0 Å². The lowest BCUT2D eigenvalue weighted by Crippen LogP contribution is -2.36. The molecule has 1 aliphatic rings. The average molecular weight is 348 g/mol. The molecule has 3 aromatic heterocycles. The summed E-state index contributed by atoms with van der Waals surface area (Å²) in [5, 5.41) is 19.0. The van der Waals surface area contributed by atoms with Gasteiger partial charge >= 0.3 is 0 Å². The molecule has 0 radical (unpaired) electrons. The fourth-order valence-corrected chi connectivity index (χ4v) is 5.36. The zero-order chi connectivity index (χ0) is 15.8. The average Bonchev–Trinajstić information content (AvgIpc) is 3.30. The van der Waals surface area contributed by atoms with Crippen molar-refractivity contribution in [3.05, 3.63) is 33.6 Å². The van der Waals surface area contributed by atoms with Crippen LogP contribution >= 0.6 is 22.7 Å². The molecule has 1 saturated carbocycles. The Kier molecular flexibility index (Phi) is 4.09. The maximum Gasteiger partial charge on any atom is 0.230 e. The van der Waals surface area contributed by atoms with Gasteiger partial charge in [0.25, 0.3) is 0 Å². The van der Waals surface area contributed by atoms with Crippen LogP contribution < -0.4 is 0 Å². The van der Waals surface area contributed by atoms with Gasteiger partial charge in [0.05, 0.1) is 10.9 Å². The maximum absolute atomic E-state index is 10.6. The van der Waals surface area contributed by atoms with Crippen LogP contribution in [0.5, 0.6) is 5.88 Å². The molecule has 122 valence electrons. The Morgan fingerprint density at radius 2 is 2.17 bits per heavy atom. The number of fused-ring (bicyclic) bond motifs is 1. The van der Waals surface area contributed by atoms with Crippen molar-refractivity contribution in [1.29, 1.82) is 0 Å². The van der Waals surface area contributed by atoms with Gasteiger partial charge in [0.2, 0.25) is 10.8 Å². The van der Waals surface area contributed by atoms with E-state index in [0.29, 0.717) is 6.04 Å². The molecule has 23 heavy (non-hydrogen) atoms. The number of hydrogen-bond acceptors (Lipinski definition) is 6. The molecule has 1 aliphatic carbocycles. The molecule has 7 heteroatoms. The van der Waals surface area contributed by atoms with Gasteiger partial charge in [-0.05, 0) is 42.3 Å². The smallest absolute Gasteiger partial charge is 0.230 e. The van der Waals surface area contributed by atoms with Crippen molar-refractivity contribution in [3.63, 3.8) is 0 Å². The molecule has 1 atom stereocenters. The normalized spacial score (nSPS) is 18.0.